The highest BCUT2D eigenvalue weighted by atomic mass is 16.5. The summed E-state index contributed by atoms with van der Waals surface area (Å²) in [4.78, 5) is 0. The lowest BCUT2D eigenvalue weighted by Crippen LogP contribution is -2.73. The van der Waals surface area contributed by atoms with Gasteiger partial charge in [-0.25, -0.2) is 0 Å². The number of hydrogen-bond acceptors (Lipinski definition) is 4. The molecule has 0 aromatic rings. The van der Waals surface area contributed by atoms with Gasteiger partial charge in [-0.2, -0.15) is 0 Å². The minimum absolute atomic E-state index is 0.468. The van der Waals surface area contributed by atoms with Crippen molar-refractivity contribution in [2.75, 3.05) is 0 Å². The topological polar surface area (TPSA) is 45.3 Å². The molecule has 2 saturated heterocycles. The van der Waals surface area contributed by atoms with Crippen molar-refractivity contribution in [2.45, 2.75) is 217 Å². The fraction of sp³-hybridized carbons (Fsp3) is 1.00. The number of ether oxygens (including phenoxy) is 1. The van der Waals surface area contributed by atoms with Crippen LogP contribution in [0.5, 0.6) is 0 Å². The van der Waals surface area contributed by atoms with Crippen LogP contribution < -0.4 is 16.0 Å². The first-order valence-electron chi connectivity index (χ1n) is 24.2. The molecule has 0 radical (unpaired) electrons. The smallest absolute Gasteiger partial charge is 0.0645 e. The second-order valence-electron chi connectivity index (χ2n) is 21.4. The molecule has 4 heteroatoms. The Morgan fingerprint density at radius 1 is 0.294 bits per heavy atom. The standard InChI is InChI=1S/C47H79N3O/c1-4-12-30(13-5-1)36-22-20-31-21-23-37(27-38(31)26-36)39-24-25-40(43-41-28-34-18-10-11-19-35(34)29-42(41)51-44(39)43)47-49-45(32-14-6-2-7-15-32)48-46(50-47)33-16-8-3-9-17-33/h30-50H,1-29H2. The summed E-state index contributed by atoms with van der Waals surface area (Å²) >= 11 is 0. The molecule has 2 heterocycles. The number of fused-ring (bicyclic) bond motifs is 5. The molecule has 288 valence electrons. The van der Waals surface area contributed by atoms with Gasteiger partial charge < -0.3 is 4.74 Å². The van der Waals surface area contributed by atoms with E-state index in [4.69, 9.17) is 4.74 Å². The fourth-order valence-electron chi connectivity index (χ4n) is 16.4. The van der Waals surface area contributed by atoms with Crippen LogP contribution in [0.2, 0.25) is 0 Å². The van der Waals surface area contributed by atoms with Crippen LogP contribution in [0.15, 0.2) is 0 Å². The molecule has 0 aromatic carbocycles. The zero-order chi connectivity index (χ0) is 33.7. The summed E-state index contributed by atoms with van der Waals surface area (Å²) in [7, 11) is 0. The van der Waals surface area contributed by atoms with Crippen molar-refractivity contribution in [3.8, 4) is 0 Å². The normalized spacial score (nSPS) is 50.5. The second kappa shape index (κ2) is 15.8. The third-order valence-electron chi connectivity index (χ3n) is 19.0. The van der Waals surface area contributed by atoms with Crippen LogP contribution >= 0.6 is 0 Å². The van der Waals surface area contributed by atoms with Gasteiger partial charge in [0, 0.05) is 0 Å². The van der Waals surface area contributed by atoms with Crippen molar-refractivity contribution in [2.24, 2.45) is 76.9 Å². The monoisotopic (exact) mass is 702 g/mol. The van der Waals surface area contributed by atoms with E-state index in [1.54, 1.807) is 44.9 Å². The highest BCUT2D eigenvalue weighted by molar-refractivity contribution is 5.08. The van der Waals surface area contributed by atoms with Crippen molar-refractivity contribution in [3.05, 3.63) is 0 Å². The maximum atomic E-state index is 7.67. The lowest BCUT2D eigenvalue weighted by Gasteiger charge is -2.53. The number of hydrogen-bond donors (Lipinski definition) is 3. The molecule has 3 N–H and O–H groups in total. The third-order valence-corrected chi connectivity index (χ3v) is 19.0. The summed E-state index contributed by atoms with van der Waals surface area (Å²) in [6.07, 6.45) is 45.8. The molecule has 8 saturated carbocycles. The lowest BCUT2D eigenvalue weighted by atomic mass is 9.55. The Balaban J connectivity index is 0.903. The predicted octanol–water partition coefficient (Wildman–Crippen LogP) is 10.9. The average Bonchev–Trinajstić information content (AvgIpc) is 3.58. The number of rotatable bonds is 5. The van der Waals surface area contributed by atoms with E-state index >= 15 is 0 Å². The Kier molecular flexibility index (Phi) is 10.9. The van der Waals surface area contributed by atoms with Gasteiger partial charge in [0.15, 0.2) is 0 Å². The molecular weight excluding hydrogens is 623 g/mol. The molecule has 8 aliphatic carbocycles. The Morgan fingerprint density at radius 2 is 0.745 bits per heavy atom. The molecule has 14 unspecified atom stereocenters. The Morgan fingerprint density at radius 3 is 1.41 bits per heavy atom. The predicted molar refractivity (Wildman–Crippen MR) is 209 cm³/mol. The van der Waals surface area contributed by atoms with Gasteiger partial charge in [-0.1, -0.05) is 96.3 Å². The average molecular weight is 702 g/mol. The quantitative estimate of drug-likeness (QED) is 0.267. The van der Waals surface area contributed by atoms with Gasteiger partial charge in [0.2, 0.25) is 0 Å². The van der Waals surface area contributed by atoms with E-state index in [0.717, 1.165) is 76.9 Å². The number of nitrogens with one attached hydrogen (secondary N) is 3. The van der Waals surface area contributed by atoms with Crippen molar-refractivity contribution < 1.29 is 4.74 Å². The minimum atomic E-state index is 0.468. The second-order valence-corrected chi connectivity index (χ2v) is 21.4. The van der Waals surface area contributed by atoms with E-state index in [0.29, 0.717) is 30.7 Å². The Labute approximate surface area is 313 Å². The minimum Gasteiger partial charge on any atom is -0.374 e. The fourth-order valence-corrected chi connectivity index (χ4v) is 16.4. The molecule has 10 aliphatic rings. The van der Waals surface area contributed by atoms with E-state index in [1.165, 1.54) is 141 Å². The Hall–Kier alpha value is -0.160. The molecule has 0 amide bonds. The maximum absolute atomic E-state index is 7.67. The molecule has 4 nitrogen and oxygen atoms in total. The summed E-state index contributed by atoms with van der Waals surface area (Å²) < 4.78 is 7.67. The molecule has 0 aromatic heterocycles. The van der Waals surface area contributed by atoms with E-state index in [-0.39, 0.29) is 0 Å². The summed E-state index contributed by atoms with van der Waals surface area (Å²) in [5, 5.41) is 13.1. The van der Waals surface area contributed by atoms with Crippen LogP contribution in [0.1, 0.15) is 186 Å². The summed E-state index contributed by atoms with van der Waals surface area (Å²) in [6, 6.07) is 0. The molecule has 2 aliphatic heterocycles. The van der Waals surface area contributed by atoms with Crippen LogP contribution in [0.25, 0.3) is 0 Å². The molecule has 14 atom stereocenters. The third kappa shape index (κ3) is 7.20. The first-order chi connectivity index (χ1) is 25.2. The zero-order valence-electron chi connectivity index (χ0n) is 32.8. The molecule has 0 bridgehead atoms. The maximum Gasteiger partial charge on any atom is 0.0645 e. The summed E-state index contributed by atoms with van der Waals surface area (Å²) in [5.41, 5.74) is 0. The van der Waals surface area contributed by atoms with Crippen LogP contribution in [0.4, 0.5) is 0 Å². The van der Waals surface area contributed by atoms with E-state index < -0.39 is 0 Å². The molecule has 10 fully saturated rings. The van der Waals surface area contributed by atoms with Crippen LogP contribution in [0.3, 0.4) is 0 Å². The van der Waals surface area contributed by atoms with Gasteiger partial charge >= 0.3 is 0 Å². The summed E-state index contributed by atoms with van der Waals surface area (Å²) in [5.74, 6) is 11.9. The van der Waals surface area contributed by atoms with E-state index in [9.17, 15) is 0 Å². The molecular formula is C47H79N3O. The Bertz CT molecular complexity index is 1100. The van der Waals surface area contributed by atoms with Gasteiger partial charge in [-0.3, -0.25) is 16.0 Å². The zero-order valence-corrected chi connectivity index (χ0v) is 32.8. The van der Waals surface area contributed by atoms with Crippen LogP contribution in [0, 0.1) is 76.9 Å². The van der Waals surface area contributed by atoms with Gasteiger partial charge in [0.1, 0.15) is 0 Å². The highest BCUT2D eigenvalue weighted by Gasteiger charge is 2.59. The van der Waals surface area contributed by atoms with Crippen molar-refractivity contribution in [1.82, 2.24) is 16.0 Å². The van der Waals surface area contributed by atoms with E-state index in [1.807, 2.05) is 0 Å². The molecule has 0 spiro atoms. The first-order valence-corrected chi connectivity index (χ1v) is 24.2. The van der Waals surface area contributed by atoms with Gasteiger partial charge in [0.25, 0.3) is 0 Å². The molecule has 10 rings (SSSR count). The lowest BCUT2D eigenvalue weighted by molar-refractivity contribution is -0.0826. The molecule has 51 heavy (non-hydrogen) atoms. The van der Waals surface area contributed by atoms with Gasteiger partial charge in [-0.15, -0.1) is 0 Å². The van der Waals surface area contributed by atoms with Crippen molar-refractivity contribution in [1.29, 1.82) is 0 Å². The van der Waals surface area contributed by atoms with Gasteiger partial charge in [-0.05, 0) is 167 Å². The van der Waals surface area contributed by atoms with Crippen molar-refractivity contribution in [3.63, 3.8) is 0 Å². The van der Waals surface area contributed by atoms with Crippen molar-refractivity contribution >= 4 is 0 Å². The van der Waals surface area contributed by atoms with Crippen LogP contribution in [-0.4, -0.2) is 30.7 Å². The first kappa shape index (κ1) is 35.3. The largest absolute Gasteiger partial charge is 0.374 e. The summed E-state index contributed by atoms with van der Waals surface area (Å²) in [6.45, 7) is 0. The highest BCUT2D eigenvalue weighted by Crippen LogP contribution is 2.60. The van der Waals surface area contributed by atoms with E-state index in [2.05, 4.69) is 16.0 Å². The SMILES string of the molecule is C1CCC(C2CCC3CCC(C4CCC(C5NC(C6CCCCC6)NC(C6CCCCC6)N5)C5C6CC7CCCCC7CC6OC45)CC3C2)CC1. The van der Waals surface area contributed by atoms with Gasteiger partial charge in [0.05, 0.1) is 30.7 Å². The van der Waals surface area contributed by atoms with Crippen LogP contribution in [-0.2, 0) is 4.74 Å².